The Kier molecular flexibility index (Phi) is 7.23. The number of ether oxygens (including phenoxy) is 1. The van der Waals surface area contributed by atoms with Crippen molar-refractivity contribution in [3.8, 4) is 0 Å². The van der Waals surface area contributed by atoms with Gasteiger partial charge in [-0.25, -0.2) is 4.39 Å². The fourth-order valence-electron chi connectivity index (χ4n) is 3.58. The van der Waals surface area contributed by atoms with E-state index in [2.05, 4.69) is 5.32 Å². The molecule has 1 aliphatic carbocycles. The van der Waals surface area contributed by atoms with Gasteiger partial charge in [-0.3, -0.25) is 4.79 Å². The summed E-state index contributed by atoms with van der Waals surface area (Å²) in [6.07, 6.45) is 4.02. The number of hydrogen-bond acceptors (Lipinski definition) is 3. The Balaban J connectivity index is 0.00000225. The molecule has 140 valence electrons. The Morgan fingerprint density at radius 2 is 1.92 bits per heavy atom. The summed E-state index contributed by atoms with van der Waals surface area (Å²) in [7, 11) is 1.67. The molecule has 25 heavy (non-hydrogen) atoms. The van der Waals surface area contributed by atoms with E-state index in [1.807, 2.05) is 4.90 Å². The molecule has 4 nitrogen and oxygen atoms in total. The first-order valence-electron chi connectivity index (χ1n) is 8.86. The topological polar surface area (TPSA) is 41.6 Å². The number of carbonyl (C=O) groups excluding carboxylic acids is 1. The number of amides is 1. The standard InChI is InChI=1S/C19H27FN2O2.ClH/c1-24-14-19(8-10-21-11-9-19)18(23)22(12-15-2-3-15)13-16-4-6-17(20)7-5-16;/h4-7,15,21H,2-3,8-14H2,1H3;1H. The third kappa shape index (κ3) is 5.16. The Labute approximate surface area is 155 Å². The normalized spacial score (nSPS) is 19.1. The average Bonchev–Trinajstić information content (AvgIpc) is 3.41. The summed E-state index contributed by atoms with van der Waals surface area (Å²) < 4.78 is 18.6. The zero-order valence-corrected chi connectivity index (χ0v) is 15.6. The van der Waals surface area contributed by atoms with E-state index in [1.165, 1.54) is 25.0 Å². The lowest BCUT2D eigenvalue weighted by Crippen LogP contribution is -2.51. The monoisotopic (exact) mass is 370 g/mol. The van der Waals surface area contributed by atoms with Gasteiger partial charge in [0, 0.05) is 20.2 Å². The largest absolute Gasteiger partial charge is 0.384 e. The Morgan fingerprint density at radius 1 is 1.28 bits per heavy atom. The molecule has 0 aromatic heterocycles. The number of benzene rings is 1. The van der Waals surface area contributed by atoms with Crippen LogP contribution >= 0.6 is 12.4 Å². The van der Waals surface area contributed by atoms with Gasteiger partial charge < -0.3 is 15.0 Å². The first-order chi connectivity index (χ1) is 11.6. The number of nitrogens with one attached hydrogen (secondary N) is 1. The highest BCUT2D eigenvalue weighted by atomic mass is 35.5. The molecular weight excluding hydrogens is 343 g/mol. The molecule has 1 heterocycles. The van der Waals surface area contributed by atoms with Crippen molar-refractivity contribution in [2.75, 3.05) is 33.4 Å². The first kappa shape index (κ1) is 20.1. The molecule has 2 fully saturated rings. The van der Waals surface area contributed by atoms with Crippen LogP contribution < -0.4 is 5.32 Å². The van der Waals surface area contributed by atoms with Gasteiger partial charge in [-0.2, -0.15) is 0 Å². The maximum atomic E-state index is 13.4. The molecule has 1 saturated carbocycles. The van der Waals surface area contributed by atoms with Crippen molar-refractivity contribution in [3.63, 3.8) is 0 Å². The van der Waals surface area contributed by atoms with Crippen LogP contribution in [0.25, 0.3) is 0 Å². The van der Waals surface area contributed by atoms with Gasteiger partial charge in [0.1, 0.15) is 5.82 Å². The van der Waals surface area contributed by atoms with Gasteiger partial charge in [0.2, 0.25) is 5.91 Å². The third-order valence-electron chi connectivity index (χ3n) is 5.18. The van der Waals surface area contributed by atoms with Gasteiger partial charge in [0.15, 0.2) is 0 Å². The van der Waals surface area contributed by atoms with Gasteiger partial charge in [0.05, 0.1) is 12.0 Å². The van der Waals surface area contributed by atoms with Crippen molar-refractivity contribution >= 4 is 18.3 Å². The number of carbonyl (C=O) groups is 1. The smallest absolute Gasteiger partial charge is 0.231 e. The average molecular weight is 371 g/mol. The highest BCUT2D eigenvalue weighted by Gasteiger charge is 2.43. The molecule has 2 aliphatic rings. The lowest BCUT2D eigenvalue weighted by Gasteiger charge is -2.39. The molecule has 0 bridgehead atoms. The highest BCUT2D eigenvalue weighted by Crippen LogP contribution is 2.35. The molecule has 1 aromatic rings. The van der Waals surface area contributed by atoms with Crippen molar-refractivity contribution < 1.29 is 13.9 Å². The highest BCUT2D eigenvalue weighted by molar-refractivity contribution is 5.85. The second-order valence-corrected chi connectivity index (χ2v) is 7.22. The first-order valence-corrected chi connectivity index (χ1v) is 8.86. The molecule has 0 atom stereocenters. The second-order valence-electron chi connectivity index (χ2n) is 7.22. The van der Waals surface area contributed by atoms with E-state index in [1.54, 1.807) is 19.2 Å². The summed E-state index contributed by atoms with van der Waals surface area (Å²) in [5.74, 6) is 0.575. The summed E-state index contributed by atoms with van der Waals surface area (Å²) in [5.41, 5.74) is 0.557. The molecule has 6 heteroatoms. The predicted octanol–water partition coefficient (Wildman–Crippen LogP) is 3.00. The minimum Gasteiger partial charge on any atom is -0.384 e. The van der Waals surface area contributed by atoms with E-state index >= 15 is 0 Å². The molecule has 0 spiro atoms. The summed E-state index contributed by atoms with van der Waals surface area (Å²) in [6.45, 7) is 3.52. The van der Waals surface area contributed by atoms with Crippen LogP contribution in [-0.4, -0.2) is 44.2 Å². The fourth-order valence-corrected chi connectivity index (χ4v) is 3.58. The van der Waals surface area contributed by atoms with E-state index in [0.29, 0.717) is 19.1 Å². The maximum absolute atomic E-state index is 13.4. The number of nitrogens with zero attached hydrogens (tertiary/aromatic N) is 1. The molecule has 1 N–H and O–H groups in total. The molecule has 3 rings (SSSR count). The van der Waals surface area contributed by atoms with Crippen LogP contribution in [0.2, 0.25) is 0 Å². The van der Waals surface area contributed by atoms with Crippen LogP contribution in [0.3, 0.4) is 0 Å². The lowest BCUT2D eigenvalue weighted by atomic mass is 9.78. The number of hydrogen-bond donors (Lipinski definition) is 1. The summed E-state index contributed by atoms with van der Waals surface area (Å²) in [4.78, 5) is 15.4. The van der Waals surface area contributed by atoms with Crippen LogP contribution in [0.4, 0.5) is 4.39 Å². The zero-order valence-electron chi connectivity index (χ0n) is 14.8. The fraction of sp³-hybridized carbons (Fsp3) is 0.632. The van der Waals surface area contributed by atoms with Gasteiger partial charge in [-0.1, -0.05) is 12.1 Å². The minimum absolute atomic E-state index is 0. The Morgan fingerprint density at radius 3 is 2.48 bits per heavy atom. The molecule has 1 aliphatic heterocycles. The van der Waals surface area contributed by atoms with Crippen LogP contribution in [-0.2, 0) is 16.1 Å². The second kappa shape index (κ2) is 8.97. The lowest BCUT2D eigenvalue weighted by molar-refractivity contribution is -0.148. The van der Waals surface area contributed by atoms with Crippen molar-refractivity contribution in [1.82, 2.24) is 10.2 Å². The van der Waals surface area contributed by atoms with Gasteiger partial charge >= 0.3 is 0 Å². The number of rotatable bonds is 7. The molecule has 0 unspecified atom stereocenters. The van der Waals surface area contributed by atoms with Crippen LogP contribution in [0.15, 0.2) is 24.3 Å². The number of halogens is 2. The van der Waals surface area contributed by atoms with Crippen LogP contribution in [0.5, 0.6) is 0 Å². The SMILES string of the molecule is COCC1(C(=O)N(Cc2ccc(F)cc2)CC2CC2)CCNCC1.Cl. The van der Waals surface area contributed by atoms with Crippen molar-refractivity contribution in [2.24, 2.45) is 11.3 Å². The van der Waals surface area contributed by atoms with Crippen molar-refractivity contribution in [1.29, 1.82) is 0 Å². The van der Waals surface area contributed by atoms with E-state index < -0.39 is 5.41 Å². The van der Waals surface area contributed by atoms with E-state index in [0.717, 1.165) is 38.0 Å². The zero-order chi connectivity index (χ0) is 17.0. The number of piperidine rings is 1. The van der Waals surface area contributed by atoms with Crippen molar-refractivity contribution in [2.45, 2.75) is 32.2 Å². The molecular formula is C19H28ClFN2O2. The quantitative estimate of drug-likeness (QED) is 0.802. The van der Waals surface area contributed by atoms with E-state index in [-0.39, 0.29) is 24.1 Å². The van der Waals surface area contributed by atoms with Gasteiger partial charge in [-0.15, -0.1) is 12.4 Å². The predicted molar refractivity (Wildman–Crippen MR) is 98.2 cm³/mol. The summed E-state index contributed by atoms with van der Waals surface area (Å²) in [5, 5.41) is 3.33. The summed E-state index contributed by atoms with van der Waals surface area (Å²) in [6, 6.07) is 6.47. The van der Waals surface area contributed by atoms with Gasteiger partial charge in [-0.05, 0) is 62.4 Å². The molecule has 1 saturated heterocycles. The van der Waals surface area contributed by atoms with Crippen LogP contribution in [0, 0.1) is 17.2 Å². The Hall–Kier alpha value is -1.17. The van der Waals surface area contributed by atoms with E-state index in [4.69, 9.17) is 4.74 Å². The Bertz CT molecular complexity index is 552. The minimum atomic E-state index is -0.422. The van der Waals surface area contributed by atoms with Crippen molar-refractivity contribution in [3.05, 3.63) is 35.6 Å². The third-order valence-corrected chi connectivity index (χ3v) is 5.18. The number of methoxy groups -OCH3 is 1. The van der Waals surface area contributed by atoms with Gasteiger partial charge in [0.25, 0.3) is 0 Å². The molecule has 0 radical (unpaired) electrons. The summed E-state index contributed by atoms with van der Waals surface area (Å²) >= 11 is 0. The van der Waals surface area contributed by atoms with E-state index in [9.17, 15) is 9.18 Å². The van der Waals surface area contributed by atoms with Crippen LogP contribution in [0.1, 0.15) is 31.2 Å². The molecule has 1 aromatic carbocycles. The maximum Gasteiger partial charge on any atom is 0.231 e. The molecule has 1 amide bonds.